The first-order valence-electron chi connectivity index (χ1n) is 2.43. The highest BCUT2D eigenvalue weighted by Gasteiger charge is 2.09. The van der Waals surface area contributed by atoms with Crippen molar-refractivity contribution in [3.63, 3.8) is 0 Å². The van der Waals surface area contributed by atoms with Crippen LogP contribution < -0.4 is 10.6 Å². The minimum atomic E-state index is 0. The molecule has 8 heavy (non-hydrogen) atoms. The third-order valence-corrected chi connectivity index (χ3v) is 1.04. The van der Waals surface area contributed by atoms with Crippen LogP contribution in [0.1, 0.15) is 0 Å². The van der Waals surface area contributed by atoms with Gasteiger partial charge >= 0.3 is 0 Å². The number of hydrogen-bond donors (Lipinski definition) is 2. The van der Waals surface area contributed by atoms with Crippen LogP contribution in [0.4, 0.5) is 0 Å². The summed E-state index contributed by atoms with van der Waals surface area (Å²) in [6.07, 6.45) is 0.236. The Morgan fingerprint density at radius 3 is 2.75 bits per heavy atom. The van der Waals surface area contributed by atoms with Crippen LogP contribution in [0.25, 0.3) is 0 Å². The van der Waals surface area contributed by atoms with E-state index in [1.54, 1.807) is 0 Å². The van der Waals surface area contributed by atoms with Crippen molar-refractivity contribution in [2.45, 2.75) is 6.23 Å². The SMILES string of the molecule is CNC1CNCO1.Cl. The molecule has 0 aliphatic carbocycles. The van der Waals surface area contributed by atoms with E-state index in [2.05, 4.69) is 10.6 Å². The monoisotopic (exact) mass is 138 g/mol. The number of halogens is 1. The van der Waals surface area contributed by atoms with E-state index in [9.17, 15) is 0 Å². The summed E-state index contributed by atoms with van der Waals surface area (Å²) in [5.41, 5.74) is 0. The lowest BCUT2D eigenvalue weighted by molar-refractivity contribution is 0.0942. The zero-order chi connectivity index (χ0) is 5.11. The highest BCUT2D eigenvalue weighted by atomic mass is 35.5. The molecule has 1 unspecified atom stereocenters. The summed E-state index contributed by atoms with van der Waals surface area (Å²) in [4.78, 5) is 0. The summed E-state index contributed by atoms with van der Waals surface area (Å²) in [6, 6.07) is 0. The topological polar surface area (TPSA) is 33.3 Å². The quantitative estimate of drug-likeness (QED) is 0.514. The number of ether oxygens (including phenoxy) is 1. The van der Waals surface area contributed by atoms with E-state index < -0.39 is 0 Å². The summed E-state index contributed by atoms with van der Waals surface area (Å²) in [5.74, 6) is 0. The first-order chi connectivity index (χ1) is 3.43. The minimum Gasteiger partial charge on any atom is -0.347 e. The number of nitrogens with one attached hydrogen (secondary N) is 2. The second kappa shape index (κ2) is 4.09. The molecule has 0 aromatic heterocycles. The Bertz CT molecular complexity index is 56.0. The Hall–Kier alpha value is 0.170. The smallest absolute Gasteiger partial charge is 0.122 e. The lowest BCUT2D eigenvalue weighted by atomic mass is 10.6. The second-order valence-corrected chi connectivity index (χ2v) is 1.54. The van der Waals surface area contributed by atoms with Crippen LogP contribution in [0.2, 0.25) is 0 Å². The van der Waals surface area contributed by atoms with Gasteiger partial charge in [-0.3, -0.25) is 10.6 Å². The molecule has 1 aliphatic rings. The van der Waals surface area contributed by atoms with Crippen LogP contribution in [0.15, 0.2) is 0 Å². The highest BCUT2D eigenvalue weighted by molar-refractivity contribution is 5.85. The van der Waals surface area contributed by atoms with Crippen LogP contribution in [0.5, 0.6) is 0 Å². The van der Waals surface area contributed by atoms with Crippen LogP contribution in [-0.4, -0.2) is 26.6 Å². The van der Waals surface area contributed by atoms with Crippen LogP contribution in [0, 0.1) is 0 Å². The lowest BCUT2D eigenvalue weighted by Gasteiger charge is -2.02. The van der Waals surface area contributed by atoms with E-state index in [0.717, 1.165) is 6.54 Å². The van der Waals surface area contributed by atoms with Gasteiger partial charge in [-0.05, 0) is 7.05 Å². The molecule has 2 N–H and O–H groups in total. The molecule has 1 rings (SSSR count). The Morgan fingerprint density at radius 1 is 1.75 bits per heavy atom. The number of rotatable bonds is 1. The molecule has 0 spiro atoms. The molecule has 1 fully saturated rings. The van der Waals surface area contributed by atoms with E-state index in [1.807, 2.05) is 7.05 Å². The first-order valence-corrected chi connectivity index (χ1v) is 2.43. The van der Waals surface area contributed by atoms with Gasteiger partial charge in [-0.2, -0.15) is 0 Å². The molecule has 0 radical (unpaired) electrons. The van der Waals surface area contributed by atoms with Crippen molar-refractivity contribution in [1.29, 1.82) is 0 Å². The Morgan fingerprint density at radius 2 is 2.50 bits per heavy atom. The molecule has 1 aliphatic heterocycles. The summed E-state index contributed by atoms with van der Waals surface area (Å²) < 4.78 is 5.08. The second-order valence-electron chi connectivity index (χ2n) is 1.54. The fourth-order valence-corrected chi connectivity index (χ4v) is 0.594. The van der Waals surface area contributed by atoms with E-state index in [0.29, 0.717) is 6.73 Å². The number of likely N-dealkylation sites (N-methyl/N-ethyl adjacent to an activating group) is 1. The fraction of sp³-hybridized carbons (Fsp3) is 1.00. The van der Waals surface area contributed by atoms with Gasteiger partial charge in [0.15, 0.2) is 0 Å². The maximum atomic E-state index is 5.08. The van der Waals surface area contributed by atoms with Crippen molar-refractivity contribution in [3.05, 3.63) is 0 Å². The van der Waals surface area contributed by atoms with E-state index >= 15 is 0 Å². The lowest BCUT2D eigenvalue weighted by Crippen LogP contribution is -2.28. The Kier molecular flexibility index (Phi) is 4.18. The summed E-state index contributed by atoms with van der Waals surface area (Å²) >= 11 is 0. The third-order valence-electron chi connectivity index (χ3n) is 1.04. The molecule has 0 amide bonds. The maximum absolute atomic E-state index is 5.08. The van der Waals surface area contributed by atoms with E-state index in [4.69, 9.17) is 4.74 Å². The third kappa shape index (κ3) is 1.96. The van der Waals surface area contributed by atoms with Crippen molar-refractivity contribution >= 4 is 12.4 Å². The molecule has 0 bridgehead atoms. The van der Waals surface area contributed by atoms with Gasteiger partial charge in [0, 0.05) is 6.54 Å². The largest absolute Gasteiger partial charge is 0.347 e. The van der Waals surface area contributed by atoms with Gasteiger partial charge in [-0.1, -0.05) is 0 Å². The standard InChI is InChI=1S/C4H10N2O.ClH/c1-5-4-2-6-3-7-4;/h4-6H,2-3H2,1H3;1H. The van der Waals surface area contributed by atoms with Gasteiger partial charge in [0.25, 0.3) is 0 Å². The maximum Gasteiger partial charge on any atom is 0.122 e. The predicted octanol–water partition coefficient (Wildman–Crippen LogP) is -0.469. The molecule has 1 atom stereocenters. The molecule has 50 valence electrons. The van der Waals surface area contributed by atoms with Gasteiger partial charge in [-0.25, -0.2) is 0 Å². The van der Waals surface area contributed by atoms with Crippen molar-refractivity contribution in [2.75, 3.05) is 20.3 Å². The van der Waals surface area contributed by atoms with E-state index in [-0.39, 0.29) is 18.6 Å². The normalized spacial score (nSPS) is 27.4. The molecular formula is C4H11ClN2O. The van der Waals surface area contributed by atoms with Gasteiger partial charge < -0.3 is 4.74 Å². The molecule has 1 saturated heterocycles. The molecule has 0 aromatic rings. The zero-order valence-electron chi connectivity index (χ0n) is 4.81. The molecule has 4 heteroatoms. The minimum absolute atomic E-state index is 0. The van der Waals surface area contributed by atoms with Gasteiger partial charge in [0.2, 0.25) is 0 Å². The van der Waals surface area contributed by atoms with E-state index in [1.165, 1.54) is 0 Å². The number of hydrogen-bond acceptors (Lipinski definition) is 3. The zero-order valence-corrected chi connectivity index (χ0v) is 5.62. The molecule has 3 nitrogen and oxygen atoms in total. The van der Waals surface area contributed by atoms with Crippen LogP contribution in [0.3, 0.4) is 0 Å². The first kappa shape index (κ1) is 8.17. The van der Waals surface area contributed by atoms with Crippen LogP contribution in [-0.2, 0) is 4.74 Å². The summed E-state index contributed by atoms with van der Waals surface area (Å²) in [7, 11) is 1.89. The average molecular weight is 139 g/mol. The highest BCUT2D eigenvalue weighted by Crippen LogP contribution is 1.88. The van der Waals surface area contributed by atoms with Crippen molar-refractivity contribution in [1.82, 2.24) is 10.6 Å². The summed E-state index contributed by atoms with van der Waals surface area (Å²) in [5, 5.41) is 6.02. The average Bonchev–Trinajstić information content (AvgIpc) is 2.14. The van der Waals surface area contributed by atoms with Crippen molar-refractivity contribution < 1.29 is 4.74 Å². The van der Waals surface area contributed by atoms with Crippen molar-refractivity contribution in [3.8, 4) is 0 Å². The Balaban J connectivity index is 0.000000490. The predicted molar refractivity (Wildman–Crippen MR) is 34.1 cm³/mol. The summed E-state index contributed by atoms with van der Waals surface area (Å²) in [6.45, 7) is 1.61. The van der Waals surface area contributed by atoms with Crippen molar-refractivity contribution in [2.24, 2.45) is 0 Å². The Labute approximate surface area is 55.2 Å². The molecular weight excluding hydrogens is 128 g/mol. The van der Waals surface area contributed by atoms with Crippen LogP contribution >= 0.6 is 12.4 Å². The van der Waals surface area contributed by atoms with Gasteiger partial charge in [0.1, 0.15) is 6.23 Å². The fourth-order valence-electron chi connectivity index (χ4n) is 0.594. The van der Waals surface area contributed by atoms with Gasteiger partial charge in [-0.15, -0.1) is 12.4 Å². The molecule has 1 heterocycles. The van der Waals surface area contributed by atoms with Gasteiger partial charge in [0.05, 0.1) is 6.73 Å². The molecule has 0 saturated carbocycles. The molecule has 0 aromatic carbocycles.